The molecular formula is C21H20N2O4S. The van der Waals surface area contributed by atoms with E-state index in [0.29, 0.717) is 15.8 Å². The van der Waals surface area contributed by atoms with Gasteiger partial charge in [0.1, 0.15) is 5.75 Å². The van der Waals surface area contributed by atoms with Crippen LogP contribution >= 0.6 is 11.8 Å². The molecule has 0 aliphatic carbocycles. The van der Waals surface area contributed by atoms with Crippen LogP contribution in [0.4, 0.5) is 5.69 Å². The average Bonchev–Trinajstić information content (AvgIpc) is 2.94. The second-order valence-corrected chi connectivity index (χ2v) is 7.53. The molecule has 6 nitrogen and oxygen atoms in total. The van der Waals surface area contributed by atoms with Crippen LogP contribution in [0.25, 0.3) is 6.08 Å². The zero-order chi connectivity index (χ0) is 20.3. The summed E-state index contributed by atoms with van der Waals surface area (Å²) in [4.78, 5) is 28.1. The SMILES string of the molecule is Cc1cc(C)cc(N=C2NC(=O)/C(=C/c3ccc(O[C@H](C)C(=O)O)cc3)S2)c1. The number of nitrogens with zero attached hydrogens (tertiary/aromatic N) is 1. The first-order chi connectivity index (χ1) is 13.3. The zero-order valence-electron chi connectivity index (χ0n) is 15.7. The molecule has 2 N–H and O–H groups in total. The number of aliphatic imine (C=N–C) groups is 1. The van der Waals surface area contributed by atoms with E-state index in [1.807, 2.05) is 26.0 Å². The Morgan fingerprint density at radius 1 is 1.18 bits per heavy atom. The van der Waals surface area contributed by atoms with Crippen LogP contribution in [-0.2, 0) is 9.59 Å². The fraction of sp³-hybridized carbons (Fsp3) is 0.190. The van der Waals surface area contributed by atoms with Gasteiger partial charge < -0.3 is 15.2 Å². The average molecular weight is 396 g/mol. The number of hydrogen-bond donors (Lipinski definition) is 2. The minimum atomic E-state index is -1.03. The first-order valence-electron chi connectivity index (χ1n) is 8.67. The Morgan fingerprint density at radius 3 is 2.43 bits per heavy atom. The van der Waals surface area contributed by atoms with Gasteiger partial charge >= 0.3 is 5.97 Å². The lowest BCUT2D eigenvalue weighted by Gasteiger charge is -2.10. The van der Waals surface area contributed by atoms with Gasteiger partial charge in [0.15, 0.2) is 11.3 Å². The molecule has 0 bridgehead atoms. The molecule has 1 aliphatic rings. The third kappa shape index (κ3) is 5.01. The van der Waals surface area contributed by atoms with E-state index in [2.05, 4.69) is 16.4 Å². The van der Waals surface area contributed by atoms with Crippen molar-refractivity contribution in [2.24, 2.45) is 4.99 Å². The number of benzene rings is 2. The molecule has 1 heterocycles. The van der Waals surface area contributed by atoms with Crippen LogP contribution in [0.5, 0.6) is 5.75 Å². The minimum absolute atomic E-state index is 0.201. The van der Waals surface area contributed by atoms with Gasteiger partial charge in [-0.15, -0.1) is 0 Å². The van der Waals surface area contributed by atoms with Crippen molar-refractivity contribution in [2.45, 2.75) is 26.9 Å². The second-order valence-electron chi connectivity index (χ2n) is 6.49. The first-order valence-corrected chi connectivity index (χ1v) is 9.49. The van der Waals surface area contributed by atoms with E-state index in [1.165, 1.54) is 18.7 Å². The van der Waals surface area contributed by atoms with Crippen molar-refractivity contribution in [3.63, 3.8) is 0 Å². The van der Waals surface area contributed by atoms with Gasteiger partial charge in [-0.3, -0.25) is 4.79 Å². The lowest BCUT2D eigenvalue weighted by atomic mass is 10.1. The number of carboxylic acid groups (broad SMARTS) is 1. The van der Waals surface area contributed by atoms with Gasteiger partial charge in [0.05, 0.1) is 10.6 Å². The third-order valence-corrected chi connectivity index (χ3v) is 4.84. The Kier molecular flexibility index (Phi) is 5.84. The molecule has 0 spiro atoms. The lowest BCUT2D eigenvalue weighted by Crippen LogP contribution is -2.22. The van der Waals surface area contributed by atoms with Gasteiger partial charge in [0.25, 0.3) is 5.91 Å². The topological polar surface area (TPSA) is 88.0 Å². The molecule has 0 saturated carbocycles. The molecule has 0 unspecified atom stereocenters. The number of carbonyl (C=O) groups excluding carboxylic acids is 1. The highest BCUT2D eigenvalue weighted by atomic mass is 32.2. The number of nitrogens with one attached hydrogen (secondary N) is 1. The number of ether oxygens (including phenoxy) is 1. The van der Waals surface area contributed by atoms with Crippen molar-refractivity contribution < 1.29 is 19.4 Å². The van der Waals surface area contributed by atoms with Gasteiger partial charge in [-0.2, -0.15) is 0 Å². The smallest absolute Gasteiger partial charge is 0.344 e. The predicted molar refractivity (Wildman–Crippen MR) is 111 cm³/mol. The lowest BCUT2D eigenvalue weighted by molar-refractivity contribution is -0.144. The van der Waals surface area contributed by atoms with Gasteiger partial charge in [-0.1, -0.05) is 18.2 Å². The van der Waals surface area contributed by atoms with Gasteiger partial charge in [-0.25, -0.2) is 9.79 Å². The Bertz CT molecular complexity index is 960. The zero-order valence-corrected chi connectivity index (χ0v) is 16.5. The van der Waals surface area contributed by atoms with Crippen LogP contribution in [0.1, 0.15) is 23.6 Å². The highest BCUT2D eigenvalue weighted by molar-refractivity contribution is 8.18. The molecule has 2 aromatic carbocycles. The number of rotatable bonds is 5. The molecule has 1 saturated heterocycles. The summed E-state index contributed by atoms with van der Waals surface area (Å²) in [7, 11) is 0. The molecule has 2 aromatic rings. The number of thioether (sulfide) groups is 1. The molecule has 144 valence electrons. The Hall–Kier alpha value is -3.06. The van der Waals surface area contributed by atoms with Crippen LogP contribution in [0.3, 0.4) is 0 Å². The second kappa shape index (κ2) is 8.31. The maximum Gasteiger partial charge on any atom is 0.344 e. The first kappa shape index (κ1) is 19.7. The van der Waals surface area contributed by atoms with Crippen LogP contribution in [-0.4, -0.2) is 28.3 Å². The Balaban J connectivity index is 1.73. The van der Waals surface area contributed by atoms with Crippen molar-refractivity contribution in [3.8, 4) is 5.75 Å². The summed E-state index contributed by atoms with van der Waals surface area (Å²) >= 11 is 1.28. The molecule has 3 rings (SSSR count). The highest BCUT2D eigenvalue weighted by Gasteiger charge is 2.23. The fourth-order valence-corrected chi connectivity index (χ4v) is 3.50. The van der Waals surface area contributed by atoms with Gasteiger partial charge in [0.2, 0.25) is 0 Å². The van der Waals surface area contributed by atoms with Crippen LogP contribution < -0.4 is 10.1 Å². The number of carboxylic acids is 1. The molecular weight excluding hydrogens is 376 g/mol. The summed E-state index contributed by atoms with van der Waals surface area (Å²) in [6.45, 7) is 5.48. The summed E-state index contributed by atoms with van der Waals surface area (Å²) in [5.41, 5.74) is 3.84. The van der Waals surface area contributed by atoms with E-state index in [4.69, 9.17) is 9.84 Å². The van der Waals surface area contributed by atoms with E-state index < -0.39 is 12.1 Å². The fourth-order valence-electron chi connectivity index (χ4n) is 2.66. The predicted octanol–water partition coefficient (Wildman–Crippen LogP) is 4.05. The van der Waals surface area contributed by atoms with E-state index in [-0.39, 0.29) is 5.91 Å². The maximum absolute atomic E-state index is 12.2. The summed E-state index contributed by atoms with van der Waals surface area (Å²) in [5, 5.41) is 12.2. The maximum atomic E-state index is 12.2. The largest absolute Gasteiger partial charge is 0.479 e. The van der Waals surface area contributed by atoms with E-state index in [1.54, 1.807) is 30.3 Å². The number of aryl methyl sites for hydroxylation is 2. The summed E-state index contributed by atoms with van der Waals surface area (Å²) in [5.74, 6) is -0.772. The number of hydrogen-bond acceptors (Lipinski definition) is 5. The number of carbonyl (C=O) groups is 2. The van der Waals surface area contributed by atoms with E-state index >= 15 is 0 Å². The molecule has 28 heavy (non-hydrogen) atoms. The van der Waals surface area contributed by atoms with Crippen molar-refractivity contribution in [1.82, 2.24) is 5.32 Å². The molecule has 1 aliphatic heterocycles. The van der Waals surface area contributed by atoms with Crippen LogP contribution in [0.2, 0.25) is 0 Å². The molecule has 7 heteroatoms. The monoisotopic (exact) mass is 396 g/mol. The van der Waals surface area contributed by atoms with E-state index in [0.717, 1.165) is 22.4 Å². The van der Waals surface area contributed by atoms with Crippen molar-refractivity contribution in [3.05, 3.63) is 64.1 Å². The molecule has 0 aromatic heterocycles. The standard InChI is InChI=1S/C21H20N2O4S/c1-12-8-13(2)10-16(9-12)22-21-23-19(24)18(28-21)11-15-4-6-17(7-5-15)27-14(3)20(25)26/h4-11,14H,1-3H3,(H,25,26)(H,22,23,24)/b18-11-/t14-/m1/s1. The molecule has 1 atom stereocenters. The highest BCUT2D eigenvalue weighted by Crippen LogP contribution is 2.29. The quantitative estimate of drug-likeness (QED) is 0.745. The molecule has 0 radical (unpaired) electrons. The molecule has 1 amide bonds. The number of amidine groups is 1. The Labute approximate surface area is 167 Å². The van der Waals surface area contributed by atoms with Crippen LogP contribution in [0.15, 0.2) is 52.4 Å². The van der Waals surface area contributed by atoms with Crippen molar-refractivity contribution >= 4 is 40.6 Å². The summed E-state index contributed by atoms with van der Waals surface area (Å²) < 4.78 is 5.30. The van der Waals surface area contributed by atoms with Gasteiger partial charge in [0, 0.05) is 0 Å². The molecule has 1 fully saturated rings. The summed E-state index contributed by atoms with van der Waals surface area (Å²) in [6.07, 6.45) is 0.832. The minimum Gasteiger partial charge on any atom is -0.479 e. The Morgan fingerprint density at radius 2 is 1.82 bits per heavy atom. The van der Waals surface area contributed by atoms with Crippen LogP contribution in [0, 0.1) is 13.8 Å². The van der Waals surface area contributed by atoms with Gasteiger partial charge in [-0.05, 0) is 79.6 Å². The number of amides is 1. The van der Waals surface area contributed by atoms with Crippen molar-refractivity contribution in [2.75, 3.05) is 0 Å². The normalized spacial score (nSPS) is 17.6. The number of aliphatic carboxylic acids is 1. The van der Waals surface area contributed by atoms with E-state index in [9.17, 15) is 9.59 Å². The summed E-state index contributed by atoms with van der Waals surface area (Å²) in [6, 6.07) is 12.9. The third-order valence-electron chi connectivity index (χ3n) is 3.93. The van der Waals surface area contributed by atoms with Crippen molar-refractivity contribution in [1.29, 1.82) is 0 Å².